The minimum absolute atomic E-state index is 0.361. The van der Waals surface area contributed by atoms with Crippen molar-refractivity contribution in [3.63, 3.8) is 0 Å². The zero-order chi connectivity index (χ0) is 22.5. The topological polar surface area (TPSA) is 72.1 Å². The van der Waals surface area contributed by atoms with E-state index in [1.165, 1.54) is 12.1 Å². The van der Waals surface area contributed by atoms with E-state index in [1.54, 1.807) is 6.07 Å². The summed E-state index contributed by atoms with van der Waals surface area (Å²) < 4.78 is 17.0. The second-order valence-corrected chi connectivity index (χ2v) is 8.95. The molecular weight excluding hydrogens is 509 g/mol. The molecule has 164 valence electrons. The molecule has 2 aliphatic rings. The number of rotatable bonds is 3. The smallest absolute Gasteiger partial charge is 0.217 e. The van der Waals surface area contributed by atoms with Crippen molar-refractivity contribution in [2.24, 2.45) is 4.99 Å². The fraction of sp³-hybridized carbons (Fsp3) is 0.174. The third-order valence-corrected chi connectivity index (χ3v) is 6.35. The number of halogens is 3. The lowest BCUT2D eigenvalue weighted by Gasteiger charge is -2.28. The Labute approximate surface area is 201 Å². The molecule has 0 unspecified atom stereocenters. The SMILES string of the molecule is Fc1ccc(Cl)cc1C1=NCC=C1c1ccc2ncc(N3CCn4nc(Br)nc4C3)cc2n1. The first-order chi connectivity index (χ1) is 16.0. The highest BCUT2D eigenvalue weighted by Gasteiger charge is 2.22. The molecule has 0 fully saturated rings. The number of benzene rings is 1. The Kier molecular flexibility index (Phi) is 4.95. The zero-order valence-electron chi connectivity index (χ0n) is 17.2. The normalized spacial score (nSPS) is 15.5. The third kappa shape index (κ3) is 3.71. The number of aliphatic imine (C=N–C) groups is 1. The van der Waals surface area contributed by atoms with Crippen LogP contribution in [0.25, 0.3) is 16.6 Å². The molecule has 0 atom stereocenters. The van der Waals surface area contributed by atoms with E-state index in [1.807, 2.05) is 35.2 Å². The molecule has 3 aromatic heterocycles. The fourth-order valence-electron chi connectivity index (χ4n) is 4.19. The molecule has 0 spiro atoms. The van der Waals surface area contributed by atoms with E-state index in [-0.39, 0.29) is 5.82 Å². The number of aromatic nitrogens is 5. The molecule has 33 heavy (non-hydrogen) atoms. The summed E-state index contributed by atoms with van der Waals surface area (Å²) in [7, 11) is 0. The fourth-order valence-corrected chi connectivity index (χ4v) is 4.76. The number of anilines is 1. The summed E-state index contributed by atoms with van der Waals surface area (Å²) in [6.07, 6.45) is 3.81. The monoisotopic (exact) mass is 523 g/mol. The molecule has 7 nitrogen and oxygen atoms in total. The van der Waals surface area contributed by atoms with E-state index < -0.39 is 0 Å². The molecule has 0 amide bonds. The van der Waals surface area contributed by atoms with Crippen molar-refractivity contribution < 1.29 is 4.39 Å². The number of pyridine rings is 2. The average Bonchev–Trinajstić information content (AvgIpc) is 3.45. The lowest BCUT2D eigenvalue weighted by atomic mass is 9.99. The Hall–Kier alpha value is -3.17. The highest BCUT2D eigenvalue weighted by atomic mass is 79.9. The van der Waals surface area contributed by atoms with Crippen LogP contribution in [0.4, 0.5) is 10.1 Å². The molecule has 2 aliphatic heterocycles. The van der Waals surface area contributed by atoms with Crippen LogP contribution in [0.15, 0.2) is 58.4 Å². The van der Waals surface area contributed by atoms with E-state index in [0.29, 0.717) is 34.1 Å². The maximum atomic E-state index is 14.5. The summed E-state index contributed by atoms with van der Waals surface area (Å²) in [6.45, 7) is 2.66. The summed E-state index contributed by atoms with van der Waals surface area (Å²) >= 11 is 9.45. The van der Waals surface area contributed by atoms with Crippen molar-refractivity contribution in [2.75, 3.05) is 18.0 Å². The summed E-state index contributed by atoms with van der Waals surface area (Å²) in [5.41, 5.74) is 4.97. The Balaban J connectivity index is 1.34. The van der Waals surface area contributed by atoms with Gasteiger partial charge in [-0.25, -0.2) is 19.0 Å². The van der Waals surface area contributed by atoms with Crippen LogP contribution in [-0.4, -0.2) is 43.5 Å². The molecule has 5 heterocycles. The van der Waals surface area contributed by atoms with Crippen LogP contribution in [0.2, 0.25) is 5.02 Å². The van der Waals surface area contributed by atoms with Crippen LogP contribution < -0.4 is 4.90 Å². The second kappa shape index (κ2) is 8.00. The van der Waals surface area contributed by atoms with Crippen LogP contribution in [-0.2, 0) is 13.1 Å². The van der Waals surface area contributed by atoms with Gasteiger partial charge in [0.1, 0.15) is 11.6 Å². The minimum atomic E-state index is -0.361. The number of fused-ring (bicyclic) bond motifs is 2. The van der Waals surface area contributed by atoms with Crippen molar-refractivity contribution >= 4 is 55.5 Å². The highest BCUT2D eigenvalue weighted by molar-refractivity contribution is 9.10. The first-order valence-corrected chi connectivity index (χ1v) is 11.5. The first-order valence-electron chi connectivity index (χ1n) is 10.4. The van der Waals surface area contributed by atoms with Crippen molar-refractivity contribution in [3.8, 4) is 0 Å². The summed E-state index contributed by atoms with van der Waals surface area (Å²) in [5, 5.41) is 4.81. The van der Waals surface area contributed by atoms with Crippen LogP contribution in [0.3, 0.4) is 0 Å². The van der Waals surface area contributed by atoms with Gasteiger partial charge in [0, 0.05) is 22.7 Å². The van der Waals surface area contributed by atoms with Crippen LogP contribution in [0.1, 0.15) is 17.1 Å². The zero-order valence-corrected chi connectivity index (χ0v) is 19.6. The van der Waals surface area contributed by atoms with E-state index in [4.69, 9.17) is 16.6 Å². The van der Waals surface area contributed by atoms with Gasteiger partial charge < -0.3 is 4.90 Å². The third-order valence-electron chi connectivity index (χ3n) is 5.78. The first kappa shape index (κ1) is 20.4. The van der Waals surface area contributed by atoms with E-state index in [9.17, 15) is 4.39 Å². The standard InChI is InChI=1S/C23H16BrClFN7/c24-23-30-21-12-32(7-8-33(21)31-23)14-10-20-19(28-11-14)4-3-18(29-20)15-5-6-27-22(15)16-9-13(25)1-2-17(16)26/h1-5,9-11H,6-8,12H2. The van der Waals surface area contributed by atoms with E-state index >= 15 is 0 Å². The van der Waals surface area contributed by atoms with Crippen molar-refractivity contribution in [1.82, 2.24) is 24.7 Å². The number of nitrogens with zero attached hydrogens (tertiary/aromatic N) is 7. The van der Waals surface area contributed by atoms with Gasteiger partial charge in [0.15, 0.2) is 0 Å². The average molecular weight is 525 g/mol. The lowest BCUT2D eigenvalue weighted by molar-refractivity contribution is 0.512. The quantitative estimate of drug-likeness (QED) is 0.389. The molecule has 6 rings (SSSR count). The molecule has 0 N–H and O–H groups in total. The van der Waals surface area contributed by atoms with Crippen molar-refractivity contribution in [3.05, 3.63) is 81.3 Å². The molecule has 10 heteroatoms. The van der Waals surface area contributed by atoms with E-state index in [2.05, 4.69) is 40.9 Å². The maximum Gasteiger partial charge on any atom is 0.217 e. The van der Waals surface area contributed by atoms with Gasteiger partial charge in [-0.1, -0.05) is 17.7 Å². The van der Waals surface area contributed by atoms with Gasteiger partial charge in [0.05, 0.1) is 54.0 Å². The molecule has 0 bridgehead atoms. The molecule has 0 aliphatic carbocycles. The van der Waals surface area contributed by atoms with Gasteiger partial charge in [-0.3, -0.25) is 9.98 Å². The molecule has 0 radical (unpaired) electrons. The molecule has 4 aromatic rings. The molecule has 0 saturated heterocycles. The van der Waals surface area contributed by atoms with Crippen LogP contribution in [0.5, 0.6) is 0 Å². The Morgan fingerprint density at radius 1 is 1.03 bits per heavy atom. The summed E-state index contributed by atoms with van der Waals surface area (Å²) in [5.74, 6) is 0.538. The maximum absolute atomic E-state index is 14.5. The molecular formula is C23H16BrClFN7. The van der Waals surface area contributed by atoms with Gasteiger partial charge in [0.25, 0.3) is 0 Å². The highest BCUT2D eigenvalue weighted by Crippen LogP contribution is 2.29. The molecule has 1 aromatic carbocycles. The number of hydrogen-bond acceptors (Lipinski definition) is 6. The van der Waals surface area contributed by atoms with Gasteiger partial charge in [-0.2, -0.15) is 0 Å². The number of hydrogen-bond donors (Lipinski definition) is 0. The predicted molar refractivity (Wildman–Crippen MR) is 129 cm³/mol. The van der Waals surface area contributed by atoms with Gasteiger partial charge in [0.2, 0.25) is 4.73 Å². The summed E-state index contributed by atoms with van der Waals surface area (Å²) in [4.78, 5) is 20.6. The van der Waals surface area contributed by atoms with E-state index in [0.717, 1.165) is 46.9 Å². The Morgan fingerprint density at radius 2 is 1.94 bits per heavy atom. The van der Waals surface area contributed by atoms with Crippen LogP contribution in [0, 0.1) is 5.82 Å². The van der Waals surface area contributed by atoms with Gasteiger partial charge in [-0.05, 0) is 52.3 Å². The van der Waals surface area contributed by atoms with Crippen molar-refractivity contribution in [1.29, 1.82) is 0 Å². The Bertz CT molecular complexity index is 1480. The predicted octanol–water partition coefficient (Wildman–Crippen LogP) is 4.68. The van der Waals surface area contributed by atoms with Crippen molar-refractivity contribution in [2.45, 2.75) is 13.1 Å². The second-order valence-electron chi connectivity index (χ2n) is 7.80. The lowest BCUT2D eigenvalue weighted by Crippen LogP contribution is -2.34. The summed E-state index contributed by atoms with van der Waals surface area (Å²) in [6, 6.07) is 10.3. The molecule has 0 saturated carbocycles. The minimum Gasteiger partial charge on any atom is -0.361 e. The Morgan fingerprint density at radius 3 is 2.85 bits per heavy atom. The van der Waals surface area contributed by atoms with Gasteiger partial charge >= 0.3 is 0 Å². The van der Waals surface area contributed by atoms with Crippen LogP contribution >= 0.6 is 27.5 Å². The largest absolute Gasteiger partial charge is 0.361 e. The van der Waals surface area contributed by atoms with Gasteiger partial charge in [-0.15, -0.1) is 5.10 Å². The number of allylic oxidation sites excluding steroid dienone is 1.